The summed E-state index contributed by atoms with van der Waals surface area (Å²) >= 11 is 0. The molecule has 0 radical (unpaired) electrons. The molecule has 1 aromatic carbocycles. The van der Waals surface area contributed by atoms with Crippen molar-refractivity contribution in [2.75, 3.05) is 6.54 Å². The molecule has 1 unspecified atom stereocenters. The van der Waals surface area contributed by atoms with Crippen molar-refractivity contribution in [3.8, 4) is 11.4 Å². The van der Waals surface area contributed by atoms with E-state index in [1.54, 1.807) is 17.2 Å². The Morgan fingerprint density at radius 3 is 2.72 bits per heavy atom. The molecule has 1 saturated heterocycles. The first-order chi connectivity index (χ1) is 12.2. The Bertz CT molecular complexity index is 872. The van der Waals surface area contributed by atoms with Gasteiger partial charge in [0.25, 0.3) is 5.91 Å². The Balaban J connectivity index is 1.56. The minimum Gasteiger partial charge on any atom is -0.332 e. The Labute approximate surface area is 146 Å². The normalized spacial score (nSPS) is 17.0. The molecule has 0 saturated carbocycles. The summed E-state index contributed by atoms with van der Waals surface area (Å²) in [6, 6.07) is 11.6. The molecular formula is C19H19N5O. The third-order valence-corrected chi connectivity index (χ3v) is 4.57. The topological polar surface area (TPSA) is 63.9 Å². The summed E-state index contributed by atoms with van der Waals surface area (Å²) in [4.78, 5) is 23.3. The SMILES string of the molecule is Cn1cnc(-c2ccc(C(=O)N3CCCC3c3cccnc3)cc2)n1. The predicted octanol–water partition coefficient (Wildman–Crippen LogP) is 2.85. The number of aryl methyl sites for hydroxylation is 1. The Kier molecular flexibility index (Phi) is 4.01. The number of pyridine rings is 1. The Hall–Kier alpha value is -3.02. The van der Waals surface area contributed by atoms with Crippen LogP contribution in [0.3, 0.4) is 0 Å². The van der Waals surface area contributed by atoms with Crippen LogP contribution < -0.4 is 0 Å². The van der Waals surface area contributed by atoms with Crippen molar-refractivity contribution in [1.29, 1.82) is 0 Å². The molecule has 126 valence electrons. The molecule has 25 heavy (non-hydrogen) atoms. The first-order valence-corrected chi connectivity index (χ1v) is 8.39. The largest absolute Gasteiger partial charge is 0.332 e. The maximum atomic E-state index is 13.0. The summed E-state index contributed by atoms with van der Waals surface area (Å²) in [5, 5.41) is 4.29. The number of aromatic nitrogens is 4. The molecule has 0 N–H and O–H groups in total. The molecule has 6 heteroatoms. The molecule has 0 aliphatic carbocycles. The van der Waals surface area contributed by atoms with Crippen LogP contribution in [0.5, 0.6) is 0 Å². The van der Waals surface area contributed by atoms with Crippen molar-refractivity contribution in [3.63, 3.8) is 0 Å². The zero-order valence-electron chi connectivity index (χ0n) is 14.0. The van der Waals surface area contributed by atoms with Gasteiger partial charge in [0.2, 0.25) is 0 Å². The maximum Gasteiger partial charge on any atom is 0.254 e. The number of nitrogens with zero attached hydrogens (tertiary/aromatic N) is 5. The zero-order valence-corrected chi connectivity index (χ0v) is 14.0. The van der Waals surface area contributed by atoms with E-state index in [1.165, 1.54) is 0 Å². The standard InChI is InChI=1S/C19H19N5O/c1-23-13-21-18(22-23)14-6-8-15(9-7-14)19(25)24-11-3-5-17(24)16-4-2-10-20-12-16/h2,4,6-10,12-13,17H,3,5,11H2,1H3. The molecule has 1 fully saturated rings. The van der Waals surface area contributed by atoms with Gasteiger partial charge in [-0.2, -0.15) is 5.10 Å². The number of benzene rings is 1. The van der Waals surface area contributed by atoms with Gasteiger partial charge in [-0.3, -0.25) is 14.5 Å². The first-order valence-electron chi connectivity index (χ1n) is 8.39. The number of carbonyl (C=O) groups is 1. The van der Waals surface area contributed by atoms with Crippen LogP contribution in [-0.4, -0.2) is 37.1 Å². The zero-order chi connectivity index (χ0) is 17.2. The number of rotatable bonds is 3. The summed E-state index contributed by atoms with van der Waals surface area (Å²) in [5.74, 6) is 0.725. The highest BCUT2D eigenvalue weighted by atomic mass is 16.2. The minimum atomic E-state index is 0.0619. The van der Waals surface area contributed by atoms with E-state index >= 15 is 0 Å². The van der Waals surface area contributed by atoms with Crippen LogP contribution in [0.1, 0.15) is 34.8 Å². The summed E-state index contributed by atoms with van der Waals surface area (Å²) in [5.41, 5.74) is 2.69. The minimum absolute atomic E-state index is 0.0619. The third-order valence-electron chi connectivity index (χ3n) is 4.57. The molecule has 1 amide bonds. The van der Waals surface area contributed by atoms with Crippen molar-refractivity contribution in [3.05, 3.63) is 66.2 Å². The van der Waals surface area contributed by atoms with Crippen LogP contribution in [0.15, 0.2) is 55.1 Å². The van der Waals surface area contributed by atoms with Crippen LogP contribution in [0.25, 0.3) is 11.4 Å². The quantitative estimate of drug-likeness (QED) is 0.739. The van der Waals surface area contributed by atoms with Gasteiger partial charge in [0.15, 0.2) is 5.82 Å². The Morgan fingerprint density at radius 1 is 1.20 bits per heavy atom. The number of hydrogen-bond acceptors (Lipinski definition) is 4. The number of carbonyl (C=O) groups excluding carboxylic acids is 1. The molecule has 6 nitrogen and oxygen atoms in total. The molecule has 3 aromatic rings. The number of likely N-dealkylation sites (tertiary alicyclic amines) is 1. The average Bonchev–Trinajstić information content (AvgIpc) is 3.31. The van der Waals surface area contributed by atoms with Crippen molar-refractivity contribution >= 4 is 5.91 Å². The fraction of sp³-hybridized carbons (Fsp3) is 0.263. The lowest BCUT2D eigenvalue weighted by molar-refractivity contribution is 0.0735. The molecule has 1 aliphatic heterocycles. The molecule has 2 aromatic heterocycles. The summed E-state index contributed by atoms with van der Waals surface area (Å²) in [7, 11) is 1.83. The van der Waals surface area contributed by atoms with Gasteiger partial charge in [-0.15, -0.1) is 0 Å². The van der Waals surface area contributed by atoms with E-state index < -0.39 is 0 Å². The monoisotopic (exact) mass is 333 g/mol. The summed E-state index contributed by atoms with van der Waals surface area (Å²) < 4.78 is 1.66. The predicted molar refractivity (Wildman–Crippen MR) is 93.7 cm³/mol. The van der Waals surface area contributed by atoms with Gasteiger partial charge in [0.05, 0.1) is 6.04 Å². The van der Waals surface area contributed by atoms with E-state index in [9.17, 15) is 4.79 Å². The lowest BCUT2D eigenvalue weighted by Gasteiger charge is -2.25. The summed E-state index contributed by atoms with van der Waals surface area (Å²) in [6.07, 6.45) is 7.27. The van der Waals surface area contributed by atoms with E-state index in [4.69, 9.17) is 0 Å². The van der Waals surface area contributed by atoms with Crippen LogP contribution in [0, 0.1) is 0 Å². The highest BCUT2D eigenvalue weighted by Crippen LogP contribution is 2.32. The van der Waals surface area contributed by atoms with Gasteiger partial charge >= 0.3 is 0 Å². The van der Waals surface area contributed by atoms with Gasteiger partial charge in [-0.05, 0) is 36.6 Å². The Morgan fingerprint density at radius 2 is 2.04 bits per heavy atom. The van der Waals surface area contributed by atoms with E-state index in [-0.39, 0.29) is 11.9 Å². The average molecular weight is 333 g/mol. The highest BCUT2D eigenvalue weighted by Gasteiger charge is 2.30. The van der Waals surface area contributed by atoms with Gasteiger partial charge in [-0.25, -0.2) is 4.98 Å². The fourth-order valence-electron chi connectivity index (χ4n) is 3.33. The molecule has 1 atom stereocenters. The second kappa shape index (κ2) is 6.47. The van der Waals surface area contributed by atoms with Gasteiger partial charge in [0, 0.05) is 37.1 Å². The van der Waals surface area contributed by atoms with Crippen LogP contribution in [0.2, 0.25) is 0 Å². The smallest absolute Gasteiger partial charge is 0.254 e. The van der Waals surface area contributed by atoms with Crippen LogP contribution >= 0.6 is 0 Å². The molecule has 4 rings (SSSR count). The fourth-order valence-corrected chi connectivity index (χ4v) is 3.33. The third kappa shape index (κ3) is 3.03. The number of hydrogen-bond donors (Lipinski definition) is 0. The van der Waals surface area contributed by atoms with E-state index in [0.717, 1.165) is 30.5 Å². The maximum absolute atomic E-state index is 13.0. The highest BCUT2D eigenvalue weighted by molar-refractivity contribution is 5.95. The lowest BCUT2D eigenvalue weighted by Crippen LogP contribution is -2.30. The van der Waals surface area contributed by atoms with Gasteiger partial charge < -0.3 is 4.90 Å². The van der Waals surface area contributed by atoms with Crippen LogP contribution in [0.4, 0.5) is 0 Å². The van der Waals surface area contributed by atoms with Gasteiger partial charge in [0.1, 0.15) is 6.33 Å². The first kappa shape index (κ1) is 15.5. The summed E-state index contributed by atoms with van der Waals surface area (Å²) in [6.45, 7) is 0.780. The van der Waals surface area contributed by atoms with Crippen molar-refractivity contribution in [2.24, 2.45) is 7.05 Å². The van der Waals surface area contributed by atoms with E-state index in [0.29, 0.717) is 11.4 Å². The van der Waals surface area contributed by atoms with Crippen molar-refractivity contribution in [2.45, 2.75) is 18.9 Å². The van der Waals surface area contributed by atoms with E-state index in [2.05, 4.69) is 15.1 Å². The molecule has 0 bridgehead atoms. The number of amides is 1. The molecule has 1 aliphatic rings. The molecule has 0 spiro atoms. The van der Waals surface area contributed by atoms with Crippen LogP contribution in [-0.2, 0) is 7.05 Å². The molecule has 3 heterocycles. The second-order valence-electron chi connectivity index (χ2n) is 6.26. The molecular weight excluding hydrogens is 314 g/mol. The lowest BCUT2D eigenvalue weighted by atomic mass is 10.1. The van der Waals surface area contributed by atoms with Crippen molar-refractivity contribution in [1.82, 2.24) is 24.6 Å². The van der Waals surface area contributed by atoms with Gasteiger partial charge in [-0.1, -0.05) is 18.2 Å². The van der Waals surface area contributed by atoms with E-state index in [1.807, 2.05) is 54.5 Å². The van der Waals surface area contributed by atoms with Crippen molar-refractivity contribution < 1.29 is 4.79 Å². The second-order valence-corrected chi connectivity index (χ2v) is 6.26.